The summed E-state index contributed by atoms with van der Waals surface area (Å²) in [5.41, 5.74) is 1.23. The minimum absolute atomic E-state index is 0.108. The average molecular weight is 302 g/mol. The predicted octanol–water partition coefficient (Wildman–Crippen LogP) is 3.40. The van der Waals surface area contributed by atoms with Crippen LogP contribution in [0.2, 0.25) is 0 Å². The summed E-state index contributed by atoms with van der Waals surface area (Å²) in [5, 5.41) is 11.1. The number of thiazole rings is 1. The van der Waals surface area contributed by atoms with Crippen molar-refractivity contribution in [2.75, 3.05) is 13.6 Å². The zero-order valence-corrected chi connectivity index (χ0v) is 13.2. The lowest BCUT2D eigenvalue weighted by molar-refractivity contribution is 0.108. The molecule has 1 aliphatic rings. The Morgan fingerprint density at radius 1 is 1.29 bits per heavy atom. The van der Waals surface area contributed by atoms with Crippen LogP contribution in [-0.4, -0.2) is 34.7 Å². The van der Waals surface area contributed by atoms with Crippen LogP contribution in [0.1, 0.15) is 24.3 Å². The minimum Gasteiger partial charge on any atom is -0.393 e. The molecule has 21 heavy (non-hydrogen) atoms. The van der Waals surface area contributed by atoms with Gasteiger partial charge in [0.15, 0.2) is 0 Å². The Balaban J connectivity index is 1.59. The van der Waals surface area contributed by atoms with Crippen molar-refractivity contribution in [2.24, 2.45) is 5.92 Å². The lowest BCUT2D eigenvalue weighted by Crippen LogP contribution is -2.29. The third-order valence-electron chi connectivity index (χ3n) is 4.18. The molecular weight excluding hydrogens is 280 g/mol. The second-order valence-electron chi connectivity index (χ2n) is 5.94. The van der Waals surface area contributed by atoms with E-state index in [9.17, 15) is 5.11 Å². The van der Waals surface area contributed by atoms with Crippen molar-refractivity contribution >= 4 is 11.3 Å². The summed E-state index contributed by atoms with van der Waals surface area (Å²) in [6.07, 6.45) is 5.14. The molecule has 2 unspecified atom stereocenters. The monoisotopic (exact) mass is 302 g/mol. The van der Waals surface area contributed by atoms with Gasteiger partial charge in [-0.1, -0.05) is 36.8 Å². The largest absolute Gasteiger partial charge is 0.393 e. The van der Waals surface area contributed by atoms with Crippen molar-refractivity contribution < 1.29 is 5.11 Å². The van der Waals surface area contributed by atoms with E-state index in [1.54, 1.807) is 11.3 Å². The number of benzene rings is 1. The second-order valence-corrected chi connectivity index (χ2v) is 7.05. The fraction of sp³-hybridized carbons (Fsp3) is 0.471. The van der Waals surface area contributed by atoms with Gasteiger partial charge in [-0.25, -0.2) is 4.98 Å². The summed E-state index contributed by atoms with van der Waals surface area (Å²) in [6, 6.07) is 10.4. The highest BCUT2D eigenvalue weighted by atomic mass is 32.1. The van der Waals surface area contributed by atoms with Gasteiger partial charge in [-0.2, -0.15) is 0 Å². The highest BCUT2D eigenvalue weighted by molar-refractivity contribution is 7.15. The maximum atomic E-state index is 9.92. The average Bonchev–Trinajstić information content (AvgIpc) is 3.10. The molecule has 2 aromatic rings. The van der Waals surface area contributed by atoms with E-state index in [0.29, 0.717) is 5.92 Å². The van der Waals surface area contributed by atoms with Gasteiger partial charge in [0.25, 0.3) is 0 Å². The molecule has 0 amide bonds. The number of hydrogen-bond acceptors (Lipinski definition) is 4. The van der Waals surface area contributed by atoms with Gasteiger partial charge in [-0.3, -0.25) is 4.90 Å². The van der Waals surface area contributed by atoms with Gasteiger partial charge in [-0.15, -0.1) is 11.3 Å². The Kier molecular flexibility index (Phi) is 4.68. The molecule has 1 saturated carbocycles. The molecule has 1 aromatic heterocycles. The number of hydrogen-bond donors (Lipinski definition) is 1. The SMILES string of the molecule is CN(Cc1ncc(-c2ccccc2)s1)CC1CCCC1O. The molecule has 1 fully saturated rings. The number of nitrogens with zero attached hydrogens (tertiary/aromatic N) is 2. The van der Waals surface area contributed by atoms with Crippen molar-refractivity contribution in [3.05, 3.63) is 41.5 Å². The molecule has 1 N–H and O–H groups in total. The molecule has 0 saturated heterocycles. The maximum absolute atomic E-state index is 9.92. The summed E-state index contributed by atoms with van der Waals surface area (Å²) in [5.74, 6) is 0.434. The summed E-state index contributed by atoms with van der Waals surface area (Å²) in [7, 11) is 2.12. The van der Waals surface area contributed by atoms with Gasteiger partial charge in [0.1, 0.15) is 5.01 Å². The zero-order valence-electron chi connectivity index (χ0n) is 12.4. The van der Waals surface area contributed by atoms with Crippen molar-refractivity contribution in [3.8, 4) is 10.4 Å². The normalized spacial score (nSPS) is 22.0. The van der Waals surface area contributed by atoms with Gasteiger partial charge >= 0.3 is 0 Å². The topological polar surface area (TPSA) is 36.4 Å². The first-order valence-corrected chi connectivity index (χ1v) is 8.41. The van der Waals surface area contributed by atoms with Crippen LogP contribution in [0.5, 0.6) is 0 Å². The van der Waals surface area contributed by atoms with Crippen LogP contribution < -0.4 is 0 Å². The zero-order chi connectivity index (χ0) is 14.7. The fourth-order valence-electron chi connectivity index (χ4n) is 3.05. The van der Waals surface area contributed by atoms with Crippen LogP contribution in [0.25, 0.3) is 10.4 Å². The van der Waals surface area contributed by atoms with Crippen LogP contribution in [0, 0.1) is 5.92 Å². The maximum Gasteiger partial charge on any atom is 0.107 e. The van der Waals surface area contributed by atoms with E-state index in [1.807, 2.05) is 12.3 Å². The Morgan fingerprint density at radius 2 is 2.10 bits per heavy atom. The van der Waals surface area contributed by atoms with Gasteiger partial charge in [0, 0.05) is 12.7 Å². The van der Waals surface area contributed by atoms with Crippen molar-refractivity contribution in [2.45, 2.75) is 31.9 Å². The van der Waals surface area contributed by atoms with E-state index in [1.165, 1.54) is 10.4 Å². The molecule has 3 nitrogen and oxygen atoms in total. The third-order valence-corrected chi connectivity index (χ3v) is 5.21. The van der Waals surface area contributed by atoms with Crippen molar-refractivity contribution in [1.82, 2.24) is 9.88 Å². The number of aliphatic hydroxyl groups is 1. The molecular formula is C17H22N2OS. The summed E-state index contributed by atoms with van der Waals surface area (Å²) in [4.78, 5) is 8.05. The highest BCUT2D eigenvalue weighted by Gasteiger charge is 2.26. The Hall–Kier alpha value is -1.23. The van der Waals surface area contributed by atoms with Crippen LogP contribution >= 0.6 is 11.3 Å². The Labute approximate surface area is 130 Å². The summed E-state index contributed by atoms with van der Waals surface area (Å²) >= 11 is 1.76. The first-order valence-electron chi connectivity index (χ1n) is 7.59. The number of rotatable bonds is 5. The lowest BCUT2D eigenvalue weighted by atomic mass is 10.1. The van der Waals surface area contributed by atoms with E-state index in [-0.39, 0.29) is 6.10 Å². The fourth-order valence-corrected chi connectivity index (χ4v) is 4.05. The first-order chi connectivity index (χ1) is 10.2. The molecule has 3 rings (SSSR count). The van der Waals surface area contributed by atoms with Gasteiger partial charge in [-0.05, 0) is 31.4 Å². The van der Waals surface area contributed by atoms with Crippen LogP contribution in [-0.2, 0) is 6.54 Å². The van der Waals surface area contributed by atoms with Crippen molar-refractivity contribution in [1.29, 1.82) is 0 Å². The Morgan fingerprint density at radius 3 is 2.81 bits per heavy atom. The van der Waals surface area contributed by atoms with Gasteiger partial charge < -0.3 is 5.11 Å². The molecule has 1 heterocycles. The molecule has 0 aliphatic heterocycles. The molecule has 0 spiro atoms. The molecule has 0 radical (unpaired) electrons. The molecule has 112 valence electrons. The van der Waals surface area contributed by atoms with Crippen LogP contribution in [0.15, 0.2) is 36.5 Å². The standard InChI is InChI=1S/C17H22N2OS/c1-19(11-14-8-5-9-15(14)20)12-17-18-10-16(21-17)13-6-3-2-4-7-13/h2-4,6-7,10,14-15,20H,5,8-9,11-12H2,1H3. The minimum atomic E-state index is -0.108. The second kappa shape index (κ2) is 6.69. The summed E-state index contributed by atoms with van der Waals surface area (Å²) < 4.78 is 0. The molecule has 0 bridgehead atoms. The van der Waals surface area contributed by atoms with E-state index < -0.39 is 0 Å². The highest BCUT2D eigenvalue weighted by Crippen LogP contribution is 2.28. The lowest BCUT2D eigenvalue weighted by Gasteiger charge is -2.22. The summed E-state index contributed by atoms with van der Waals surface area (Å²) in [6.45, 7) is 1.82. The van der Waals surface area contributed by atoms with Gasteiger partial charge in [0.2, 0.25) is 0 Å². The number of aliphatic hydroxyl groups excluding tert-OH is 1. The Bertz CT molecular complexity index is 569. The van der Waals surface area contributed by atoms with Crippen LogP contribution in [0.3, 0.4) is 0 Å². The van der Waals surface area contributed by atoms with E-state index in [0.717, 1.165) is 37.4 Å². The quantitative estimate of drug-likeness (QED) is 0.919. The smallest absolute Gasteiger partial charge is 0.107 e. The van der Waals surface area contributed by atoms with E-state index in [2.05, 4.69) is 41.2 Å². The molecule has 2 atom stereocenters. The number of aromatic nitrogens is 1. The molecule has 1 aliphatic carbocycles. The predicted molar refractivity (Wildman–Crippen MR) is 87.2 cm³/mol. The van der Waals surface area contributed by atoms with Gasteiger partial charge in [0.05, 0.1) is 17.5 Å². The molecule has 1 aromatic carbocycles. The van der Waals surface area contributed by atoms with Crippen LogP contribution in [0.4, 0.5) is 0 Å². The molecule has 4 heteroatoms. The van der Waals surface area contributed by atoms with E-state index >= 15 is 0 Å². The third kappa shape index (κ3) is 3.70. The van der Waals surface area contributed by atoms with Crippen molar-refractivity contribution in [3.63, 3.8) is 0 Å². The first kappa shape index (κ1) is 14.7. The van der Waals surface area contributed by atoms with E-state index in [4.69, 9.17) is 0 Å².